The standard InChI is InChI=1S/C33H35N3O4S2/c37-32(38)23-33(34-30-19-10-11-20-31(30)35-33)41-22-12-21-36(42(39,40)25-26-13-4-1-5-14-26)24-29(27-15-6-2-7-16-27)28-17-8-3-9-18-28/h1-11,13-20,29,34-35H,12,21-25H2,(H,37,38). The van der Waals surface area contributed by atoms with E-state index in [-0.39, 0.29) is 18.1 Å². The minimum Gasteiger partial charge on any atom is -0.481 e. The van der Waals surface area contributed by atoms with E-state index in [9.17, 15) is 18.3 Å². The number of carboxylic acids is 1. The van der Waals surface area contributed by atoms with Crippen LogP contribution in [0, 0.1) is 0 Å². The van der Waals surface area contributed by atoms with Gasteiger partial charge in [0, 0.05) is 19.0 Å². The number of carboxylic acid groups (broad SMARTS) is 1. The molecule has 5 rings (SSSR count). The molecule has 0 fully saturated rings. The molecule has 1 heterocycles. The van der Waals surface area contributed by atoms with Crippen LogP contribution in [0.1, 0.15) is 35.4 Å². The van der Waals surface area contributed by atoms with Crippen molar-refractivity contribution in [3.8, 4) is 0 Å². The Morgan fingerprint density at radius 3 is 1.81 bits per heavy atom. The molecule has 1 aliphatic heterocycles. The predicted molar refractivity (Wildman–Crippen MR) is 171 cm³/mol. The lowest BCUT2D eigenvalue weighted by atomic mass is 9.91. The zero-order valence-corrected chi connectivity index (χ0v) is 24.9. The van der Waals surface area contributed by atoms with Crippen LogP contribution in [0.4, 0.5) is 11.4 Å². The number of aliphatic carboxylic acids is 1. The lowest BCUT2D eigenvalue weighted by Gasteiger charge is -2.30. The number of anilines is 2. The van der Waals surface area contributed by atoms with Gasteiger partial charge in [-0.3, -0.25) is 4.79 Å². The minimum atomic E-state index is -3.67. The maximum atomic E-state index is 13.9. The normalized spacial score (nSPS) is 13.9. The molecule has 0 aliphatic carbocycles. The Hall–Kier alpha value is -3.79. The highest BCUT2D eigenvalue weighted by atomic mass is 32.2. The maximum Gasteiger partial charge on any atom is 0.308 e. The highest BCUT2D eigenvalue weighted by Crippen LogP contribution is 2.42. The van der Waals surface area contributed by atoms with Crippen LogP contribution in [0.5, 0.6) is 0 Å². The molecule has 9 heteroatoms. The largest absolute Gasteiger partial charge is 0.481 e. The van der Waals surface area contributed by atoms with Crippen LogP contribution < -0.4 is 10.6 Å². The average molecular weight is 602 g/mol. The van der Waals surface area contributed by atoms with E-state index in [0.717, 1.165) is 28.1 Å². The highest BCUT2D eigenvalue weighted by molar-refractivity contribution is 8.00. The van der Waals surface area contributed by atoms with Crippen LogP contribution in [0.25, 0.3) is 0 Å². The molecule has 4 aromatic rings. The van der Waals surface area contributed by atoms with E-state index in [0.29, 0.717) is 25.3 Å². The summed E-state index contributed by atoms with van der Waals surface area (Å²) in [4.78, 5) is 10.9. The first kappa shape index (κ1) is 29.7. The SMILES string of the molecule is O=C(O)CC1(SCCCN(CC(c2ccccc2)c2ccccc2)S(=O)(=O)Cc2ccccc2)Nc2ccccc2N1. The van der Waals surface area contributed by atoms with Gasteiger partial charge in [-0.2, -0.15) is 0 Å². The quantitative estimate of drug-likeness (QED) is 0.143. The second-order valence-corrected chi connectivity index (χ2v) is 13.7. The summed E-state index contributed by atoms with van der Waals surface area (Å²) in [5.74, 6) is -0.592. The van der Waals surface area contributed by atoms with Gasteiger partial charge in [0.15, 0.2) is 4.99 Å². The maximum absolute atomic E-state index is 13.9. The third-order valence-corrected chi connectivity index (χ3v) is 10.4. The molecule has 0 atom stereocenters. The van der Waals surface area contributed by atoms with Crippen molar-refractivity contribution in [2.24, 2.45) is 0 Å². The number of sulfonamides is 1. The zero-order chi connectivity index (χ0) is 29.4. The number of thioether (sulfide) groups is 1. The summed E-state index contributed by atoms with van der Waals surface area (Å²) in [6.45, 7) is 0.616. The molecular weight excluding hydrogens is 567 g/mol. The number of nitrogens with zero attached hydrogens (tertiary/aromatic N) is 1. The Kier molecular flexibility index (Phi) is 9.51. The smallest absolute Gasteiger partial charge is 0.308 e. The van der Waals surface area contributed by atoms with Crippen molar-refractivity contribution in [2.45, 2.75) is 29.5 Å². The molecule has 1 aliphatic rings. The van der Waals surface area contributed by atoms with Crippen LogP contribution in [0.15, 0.2) is 115 Å². The van der Waals surface area contributed by atoms with Crippen molar-refractivity contribution in [2.75, 3.05) is 29.5 Å². The fourth-order valence-corrected chi connectivity index (χ4v) is 8.07. The van der Waals surface area contributed by atoms with Gasteiger partial charge in [0.1, 0.15) is 0 Å². The van der Waals surface area contributed by atoms with Gasteiger partial charge < -0.3 is 15.7 Å². The van der Waals surface area contributed by atoms with E-state index in [2.05, 4.69) is 10.6 Å². The van der Waals surface area contributed by atoms with Crippen LogP contribution in [0.2, 0.25) is 0 Å². The fourth-order valence-electron chi connectivity index (χ4n) is 5.28. The number of fused-ring (bicyclic) bond motifs is 1. The van der Waals surface area contributed by atoms with Crippen LogP contribution in [-0.2, 0) is 20.6 Å². The molecule has 0 radical (unpaired) electrons. The molecule has 0 bridgehead atoms. The molecule has 218 valence electrons. The van der Waals surface area contributed by atoms with E-state index >= 15 is 0 Å². The summed E-state index contributed by atoms with van der Waals surface area (Å²) in [7, 11) is -3.67. The Morgan fingerprint density at radius 2 is 1.29 bits per heavy atom. The van der Waals surface area contributed by atoms with Crippen LogP contribution >= 0.6 is 11.8 Å². The second-order valence-electron chi connectivity index (χ2n) is 10.4. The summed E-state index contributed by atoms with van der Waals surface area (Å²) < 4.78 is 29.5. The van der Waals surface area contributed by atoms with Crippen LogP contribution in [-0.4, -0.2) is 47.6 Å². The molecule has 4 aromatic carbocycles. The van der Waals surface area contributed by atoms with Gasteiger partial charge in [0.25, 0.3) is 0 Å². The van der Waals surface area contributed by atoms with Crippen molar-refractivity contribution < 1.29 is 18.3 Å². The molecule has 0 spiro atoms. The first-order valence-electron chi connectivity index (χ1n) is 14.0. The van der Waals surface area contributed by atoms with E-state index < -0.39 is 21.0 Å². The molecule has 0 amide bonds. The van der Waals surface area contributed by atoms with Gasteiger partial charge >= 0.3 is 5.97 Å². The van der Waals surface area contributed by atoms with Gasteiger partial charge in [-0.05, 0) is 41.0 Å². The molecule has 42 heavy (non-hydrogen) atoms. The number of nitrogens with one attached hydrogen (secondary N) is 2. The van der Waals surface area contributed by atoms with Crippen molar-refractivity contribution in [3.63, 3.8) is 0 Å². The molecule has 3 N–H and O–H groups in total. The third-order valence-electron chi connectivity index (χ3n) is 7.28. The van der Waals surface area contributed by atoms with Crippen molar-refractivity contribution >= 4 is 39.1 Å². The van der Waals surface area contributed by atoms with Gasteiger partial charge in [-0.15, -0.1) is 11.8 Å². The second kappa shape index (κ2) is 13.5. The first-order valence-corrected chi connectivity index (χ1v) is 16.6. The van der Waals surface area contributed by atoms with Crippen molar-refractivity contribution in [3.05, 3.63) is 132 Å². The fraction of sp³-hybridized carbons (Fsp3) is 0.242. The number of carbonyl (C=O) groups is 1. The van der Waals surface area contributed by atoms with Gasteiger partial charge in [-0.1, -0.05) is 103 Å². The van der Waals surface area contributed by atoms with Gasteiger partial charge in [0.05, 0.1) is 23.5 Å². The average Bonchev–Trinajstić information content (AvgIpc) is 3.35. The summed E-state index contributed by atoms with van der Waals surface area (Å²) in [6.07, 6.45) is 0.419. The monoisotopic (exact) mass is 601 g/mol. The predicted octanol–water partition coefficient (Wildman–Crippen LogP) is 6.44. The first-order chi connectivity index (χ1) is 20.3. The Labute approximate surface area is 252 Å². The molecule has 0 saturated carbocycles. The number of para-hydroxylation sites is 2. The molecule has 0 aromatic heterocycles. The van der Waals surface area contributed by atoms with Crippen molar-refractivity contribution in [1.29, 1.82) is 0 Å². The third kappa shape index (κ3) is 7.53. The number of hydrogen-bond donors (Lipinski definition) is 3. The summed E-state index contributed by atoms with van der Waals surface area (Å²) in [6, 6.07) is 36.9. The number of rotatable bonds is 14. The molecule has 7 nitrogen and oxygen atoms in total. The number of benzene rings is 4. The summed E-state index contributed by atoms with van der Waals surface area (Å²) in [5.41, 5.74) is 4.55. The summed E-state index contributed by atoms with van der Waals surface area (Å²) in [5, 5.41) is 16.3. The van der Waals surface area contributed by atoms with E-state index in [1.807, 2.05) is 115 Å². The molecule has 0 unspecified atom stereocenters. The highest BCUT2D eigenvalue weighted by Gasteiger charge is 2.39. The van der Waals surface area contributed by atoms with Crippen LogP contribution in [0.3, 0.4) is 0 Å². The number of hydrogen-bond acceptors (Lipinski definition) is 6. The lowest BCUT2D eigenvalue weighted by molar-refractivity contribution is -0.137. The van der Waals surface area contributed by atoms with Crippen molar-refractivity contribution in [1.82, 2.24) is 4.31 Å². The van der Waals surface area contributed by atoms with E-state index in [1.165, 1.54) is 11.8 Å². The van der Waals surface area contributed by atoms with Gasteiger partial charge in [0.2, 0.25) is 10.0 Å². The Bertz CT molecular complexity index is 1500. The summed E-state index contributed by atoms with van der Waals surface area (Å²) >= 11 is 1.46. The van der Waals surface area contributed by atoms with Gasteiger partial charge in [-0.25, -0.2) is 12.7 Å². The lowest BCUT2D eigenvalue weighted by Crippen LogP contribution is -2.41. The Morgan fingerprint density at radius 1 is 0.786 bits per heavy atom. The Balaban J connectivity index is 1.35. The minimum absolute atomic E-state index is 0.0847. The molecule has 0 saturated heterocycles. The van der Waals surface area contributed by atoms with E-state index in [4.69, 9.17) is 0 Å². The topological polar surface area (TPSA) is 98.7 Å². The molecular formula is C33H35N3O4S2. The van der Waals surface area contributed by atoms with E-state index in [1.54, 1.807) is 4.31 Å². The zero-order valence-electron chi connectivity index (χ0n) is 23.2.